The van der Waals surface area contributed by atoms with E-state index in [1.54, 1.807) is 0 Å². The Morgan fingerprint density at radius 1 is 1.46 bits per heavy atom. The van der Waals surface area contributed by atoms with E-state index in [0.717, 1.165) is 0 Å². The second-order valence-electron chi connectivity index (χ2n) is 4.14. The number of thiol groups is 1. The van der Waals surface area contributed by atoms with Gasteiger partial charge in [-0.25, -0.2) is 0 Å². The van der Waals surface area contributed by atoms with Gasteiger partial charge < -0.3 is 5.11 Å². The summed E-state index contributed by atoms with van der Waals surface area (Å²) in [5.74, 6) is -0.716. The van der Waals surface area contributed by atoms with Crippen molar-refractivity contribution < 1.29 is 9.90 Å². The van der Waals surface area contributed by atoms with E-state index >= 15 is 0 Å². The number of carboxylic acids is 1. The highest BCUT2D eigenvalue weighted by atomic mass is 32.1. The van der Waals surface area contributed by atoms with Gasteiger partial charge in [-0.3, -0.25) is 9.69 Å². The molecule has 0 aromatic heterocycles. The summed E-state index contributed by atoms with van der Waals surface area (Å²) in [4.78, 5) is 13.2. The molecule has 4 heteroatoms. The van der Waals surface area contributed by atoms with E-state index in [2.05, 4.69) is 31.4 Å². The summed E-state index contributed by atoms with van der Waals surface area (Å²) >= 11 is 4.25. The van der Waals surface area contributed by atoms with Gasteiger partial charge in [0.15, 0.2) is 0 Å². The molecule has 1 heterocycles. The molecule has 1 N–H and O–H groups in total. The standard InChI is InChI=1S/C9H17NO2S/c1-6(2)10-4-9(5-10,7(3)13)8(11)12/h6-7,13H,4-5H2,1-3H3,(H,11,12). The summed E-state index contributed by atoms with van der Waals surface area (Å²) in [5.41, 5.74) is -0.618. The molecule has 3 nitrogen and oxygen atoms in total. The number of hydrogen-bond acceptors (Lipinski definition) is 3. The lowest BCUT2D eigenvalue weighted by molar-refractivity contribution is -0.161. The molecule has 1 rings (SSSR count). The molecule has 0 spiro atoms. The maximum absolute atomic E-state index is 11.0. The van der Waals surface area contributed by atoms with Crippen molar-refractivity contribution in [2.24, 2.45) is 5.41 Å². The van der Waals surface area contributed by atoms with Crippen LogP contribution in [0.2, 0.25) is 0 Å². The van der Waals surface area contributed by atoms with Gasteiger partial charge in [0.1, 0.15) is 5.41 Å². The number of likely N-dealkylation sites (tertiary alicyclic amines) is 1. The van der Waals surface area contributed by atoms with Crippen LogP contribution in [0.4, 0.5) is 0 Å². The number of hydrogen-bond donors (Lipinski definition) is 2. The van der Waals surface area contributed by atoms with E-state index < -0.39 is 11.4 Å². The second kappa shape index (κ2) is 3.50. The first-order valence-electron chi connectivity index (χ1n) is 4.55. The highest BCUT2D eigenvalue weighted by Crippen LogP contribution is 2.38. The van der Waals surface area contributed by atoms with Crippen molar-refractivity contribution >= 4 is 18.6 Å². The molecule has 0 saturated carbocycles. The van der Waals surface area contributed by atoms with Crippen LogP contribution in [0.3, 0.4) is 0 Å². The Bertz CT molecular complexity index is 210. The highest BCUT2D eigenvalue weighted by Gasteiger charge is 2.52. The molecule has 0 aliphatic carbocycles. The van der Waals surface area contributed by atoms with Crippen LogP contribution in [0, 0.1) is 5.41 Å². The maximum Gasteiger partial charge on any atom is 0.313 e. The van der Waals surface area contributed by atoms with Gasteiger partial charge >= 0.3 is 5.97 Å². The van der Waals surface area contributed by atoms with Crippen LogP contribution in [0.1, 0.15) is 20.8 Å². The first-order chi connectivity index (χ1) is 5.90. The number of rotatable bonds is 3. The Balaban J connectivity index is 2.64. The van der Waals surface area contributed by atoms with Crippen molar-refractivity contribution in [3.63, 3.8) is 0 Å². The average Bonchev–Trinajstić information content (AvgIpc) is 1.80. The fourth-order valence-corrected chi connectivity index (χ4v) is 1.90. The molecular weight excluding hydrogens is 186 g/mol. The van der Waals surface area contributed by atoms with Crippen LogP contribution < -0.4 is 0 Å². The highest BCUT2D eigenvalue weighted by molar-refractivity contribution is 7.81. The summed E-state index contributed by atoms with van der Waals surface area (Å²) in [6.07, 6.45) is 0. The number of aliphatic carboxylic acids is 1. The van der Waals surface area contributed by atoms with E-state index in [0.29, 0.717) is 19.1 Å². The summed E-state index contributed by atoms with van der Waals surface area (Å²) in [5, 5.41) is 8.99. The Hall–Kier alpha value is -0.220. The largest absolute Gasteiger partial charge is 0.481 e. The van der Waals surface area contributed by atoms with Gasteiger partial charge in [-0.2, -0.15) is 12.6 Å². The van der Waals surface area contributed by atoms with E-state index in [-0.39, 0.29) is 5.25 Å². The normalized spacial score (nSPS) is 24.1. The monoisotopic (exact) mass is 203 g/mol. The van der Waals surface area contributed by atoms with Crippen molar-refractivity contribution in [3.05, 3.63) is 0 Å². The summed E-state index contributed by atoms with van der Waals surface area (Å²) < 4.78 is 0. The summed E-state index contributed by atoms with van der Waals surface area (Å²) in [6, 6.07) is 0.430. The zero-order chi connectivity index (χ0) is 10.2. The van der Waals surface area contributed by atoms with Crippen LogP contribution in [-0.4, -0.2) is 40.4 Å². The molecule has 1 saturated heterocycles. The quantitative estimate of drug-likeness (QED) is 0.675. The Labute approximate surface area is 84.5 Å². The smallest absolute Gasteiger partial charge is 0.313 e. The molecule has 0 bridgehead atoms. The van der Waals surface area contributed by atoms with Crippen molar-refractivity contribution in [1.82, 2.24) is 4.90 Å². The van der Waals surface area contributed by atoms with E-state index in [4.69, 9.17) is 5.11 Å². The SMILES string of the molecule is CC(C)N1CC(C(=O)O)(C(C)S)C1. The molecule has 13 heavy (non-hydrogen) atoms. The first-order valence-corrected chi connectivity index (χ1v) is 5.07. The molecular formula is C9H17NO2S. The Morgan fingerprint density at radius 2 is 1.92 bits per heavy atom. The van der Waals surface area contributed by atoms with E-state index in [1.807, 2.05) is 6.92 Å². The molecule has 0 aromatic rings. The maximum atomic E-state index is 11.0. The minimum Gasteiger partial charge on any atom is -0.481 e. The number of nitrogens with zero attached hydrogens (tertiary/aromatic N) is 1. The lowest BCUT2D eigenvalue weighted by Gasteiger charge is -2.51. The fourth-order valence-electron chi connectivity index (χ4n) is 1.62. The average molecular weight is 203 g/mol. The predicted molar refractivity (Wildman–Crippen MR) is 55.2 cm³/mol. The fraction of sp³-hybridized carbons (Fsp3) is 0.889. The third kappa shape index (κ3) is 1.70. The topological polar surface area (TPSA) is 40.5 Å². The van der Waals surface area contributed by atoms with E-state index in [9.17, 15) is 4.79 Å². The first kappa shape index (κ1) is 10.9. The Morgan fingerprint density at radius 3 is 2.15 bits per heavy atom. The number of carboxylic acid groups (broad SMARTS) is 1. The number of carbonyl (C=O) groups is 1. The van der Waals surface area contributed by atoms with Gasteiger partial charge in [0.05, 0.1) is 0 Å². The van der Waals surface area contributed by atoms with Crippen LogP contribution in [-0.2, 0) is 4.79 Å². The molecule has 76 valence electrons. The van der Waals surface area contributed by atoms with Gasteiger partial charge in [0, 0.05) is 24.4 Å². The second-order valence-corrected chi connectivity index (χ2v) is 4.91. The van der Waals surface area contributed by atoms with Crippen molar-refractivity contribution in [2.75, 3.05) is 13.1 Å². The van der Waals surface area contributed by atoms with Gasteiger partial charge in [-0.1, -0.05) is 6.92 Å². The lowest BCUT2D eigenvalue weighted by atomic mass is 9.76. The van der Waals surface area contributed by atoms with Crippen molar-refractivity contribution in [1.29, 1.82) is 0 Å². The molecule has 1 unspecified atom stereocenters. The molecule has 1 aliphatic heterocycles. The van der Waals surface area contributed by atoms with E-state index in [1.165, 1.54) is 0 Å². The summed E-state index contributed by atoms with van der Waals surface area (Å²) in [7, 11) is 0. The zero-order valence-electron chi connectivity index (χ0n) is 8.32. The van der Waals surface area contributed by atoms with Crippen LogP contribution >= 0.6 is 12.6 Å². The van der Waals surface area contributed by atoms with Crippen LogP contribution in [0.25, 0.3) is 0 Å². The van der Waals surface area contributed by atoms with Crippen molar-refractivity contribution in [2.45, 2.75) is 32.1 Å². The molecule has 1 aliphatic rings. The minimum absolute atomic E-state index is 0.0833. The van der Waals surface area contributed by atoms with Gasteiger partial charge in [0.2, 0.25) is 0 Å². The minimum atomic E-state index is -0.716. The van der Waals surface area contributed by atoms with Gasteiger partial charge in [0.25, 0.3) is 0 Å². The molecule has 0 amide bonds. The Kier molecular flexibility index (Phi) is 2.92. The lowest BCUT2D eigenvalue weighted by Crippen LogP contribution is -2.65. The van der Waals surface area contributed by atoms with Gasteiger partial charge in [-0.15, -0.1) is 0 Å². The third-order valence-corrected chi connectivity index (χ3v) is 3.42. The third-order valence-electron chi connectivity index (χ3n) is 2.93. The van der Waals surface area contributed by atoms with Crippen LogP contribution in [0.5, 0.6) is 0 Å². The molecule has 1 fully saturated rings. The predicted octanol–water partition coefficient (Wildman–Crippen LogP) is 1.10. The molecule has 0 radical (unpaired) electrons. The molecule has 1 atom stereocenters. The van der Waals surface area contributed by atoms with Gasteiger partial charge in [-0.05, 0) is 13.8 Å². The van der Waals surface area contributed by atoms with Crippen molar-refractivity contribution in [3.8, 4) is 0 Å². The van der Waals surface area contributed by atoms with Crippen LogP contribution in [0.15, 0.2) is 0 Å². The molecule has 0 aromatic carbocycles. The summed E-state index contributed by atoms with van der Waals surface area (Å²) in [6.45, 7) is 7.27. The zero-order valence-corrected chi connectivity index (χ0v) is 9.21.